The number of carbonyl (C=O) groups is 1. The highest BCUT2D eigenvalue weighted by molar-refractivity contribution is 5.85. The fourth-order valence-electron chi connectivity index (χ4n) is 0.408. The van der Waals surface area contributed by atoms with Crippen molar-refractivity contribution in [2.45, 2.75) is 12.5 Å². The molecule has 0 aromatic rings. The van der Waals surface area contributed by atoms with Gasteiger partial charge in [0.1, 0.15) is 6.04 Å². The van der Waals surface area contributed by atoms with Crippen LogP contribution in [-0.2, 0) is 9.53 Å². The molecule has 0 aliphatic rings. The summed E-state index contributed by atoms with van der Waals surface area (Å²) < 4.78 is 4.29. The lowest BCUT2D eigenvalue weighted by molar-refractivity contribution is -0.142. The largest absolute Gasteiger partial charge is 0.468 e. The number of nitrogens with two attached hydrogens (primary N) is 1. The molecule has 1 unspecified atom stereocenters. The van der Waals surface area contributed by atoms with Crippen molar-refractivity contribution in [3.8, 4) is 0 Å². The minimum atomic E-state index is -0.681. The minimum Gasteiger partial charge on any atom is -0.468 e. The van der Waals surface area contributed by atoms with Crippen molar-refractivity contribution in [2.75, 3.05) is 13.7 Å². The zero-order chi connectivity index (χ0) is 7.28. The molecule has 0 saturated heterocycles. The average Bonchev–Trinajstić information content (AvgIpc) is 1.87. The molecule has 62 valence electrons. The Hall–Kier alpha value is -0.320. The normalized spacial score (nSPS) is 11.5. The van der Waals surface area contributed by atoms with E-state index in [-0.39, 0.29) is 25.4 Å². The zero-order valence-electron chi connectivity index (χ0n) is 5.74. The standard InChI is InChI=1S/C5H11NO3.ClH/c1-9-5(8)4(6)2-3-7;/h4,7H,2-3,6H2,1H3;1H. The number of carbonyl (C=O) groups excluding carboxylic acids is 1. The van der Waals surface area contributed by atoms with Gasteiger partial charge in [-0.15, -0.1) is 12.4 Å². The SMILES string of the molecule is COC(=O)C(N)CCO.Cl. The quantitative estimate of drug-likeness (QED) is 0.548. The first-order valence-electron chi connectivity index (χ1n) is 2.66. The number of esters is 1. The van der Waals surface area contributed by atoms with E-state index in [1.54, 1.807) is 0 Å². The fraction of sp³-hybridized carbons (Fsp3) is 0.800. The van der Waals surface area contributed by atoms with Crippen LogP contribution in [0.25, 0.3) is 0 Å². The van der Waals surface area contributed by atoms with Crippen molar-refractivity contribution in [1.29, 1.82) is 0 Å². The first-order valence-corrected chi connectivity index (χ1v) is 2.66. The third kappa shape index (κ3) is 4.55. The van der Waals surface area contributed by atoms with Gasteiger partial charge in [0.25, 0.3) is 0 Å². The van der Waals surface area contributed by atoms with E-state index in [0.717, 1.165) is 0 Å². The van der Waals surface area contributed by atoms with Crippen molar-refractivity contribution < 1.29 is 14.6 Å². The van der Waals surface area contributed by atoms with Crippen LogP contribution in [0.2, 0.25) is 0 Å². The fourth-order valence-corrected chi connectivity index (χ4v) is 0.408. The van der Waals surface area contributed by atoms with Crippen LogP contribution in [0.3, 0.4) is 0 Å². The van der Waals surface area contributed by atoms with Crippen molar-refractivity contribution in [1.82, 2.24) is 0 Å². The summed E-state index contributed by atoms with van der Waals surface area (Å²) in [4.78, 5) is 10.4. The molecule has 5 heteroatoms. The number of hydrogen-bond donors (Lipinski definition) is 2. The van der Waals surface area contributed by atoms with Crippen molar-refractivity contribution >= 4 is 18.4 Å². The first kappa shape index (κ1) is 12.4. The number of hydrogen-bond acceptors (Lipinski definition) is 4. The molecule has 4 nitrogen and oxygen atoms in total. The van der Waals surface area contributed by atoms with Crippen LogP contribution in [0.1, 0.15) is 6.42 Å². The van der Waals surface area contributed by atoms with Gasteiger partial charge in [0.2, 0.25) is 0 Å². The molecule has 0 spiro atoms. The summed E-state index contributed by atoms with van der Waals surface area (Å²) in [7, 11) is 1.26. The molecule has 0 saturated carbocycles. The maximum absolute atomic E-state index is 10.4. The van der Waals surface area contributed by atoms with Crippen LogP contribution in [0.5, 0.6) is 0 Å². The molecule has 1 atom stereocenters. The highest BCUT2D eigenvalue weighted by Crippen LogP contribution is 1.87. The smallest absolute Gasteiger partial charge is 0.322 e. The number of aliphatic hydroxyl groups is 1. The van der Waals surface area contributed by atoms with Crippen LogP contribution in [0.4, 0.5) is 0 Å². The predicted octanol–water partition coefficient (Wildman–Crippen LogP) is -0.709. The second kappa shape index (κ2) is 6.80. The van der Waals surface area contributed by atoms with Gasteiger partial charge < -0.3 is 15.6 Å². The van der Waals surface area contributed by atoms with E-state index in [1.165, 1.54) is 7.11 Å². The molecule has 3 N–H and O–H groups in total. The summed E-state index contributed by atoms with van der Waals surface area (Å²) in [6.45, 7) is -0.0870. The highest BCUT2D eigenvalue weighted by atomic mass is 35.5. The molecule has 0 rings (SSSR count). The van der Waals surface area contributed by atoms with Crippen LogP contribution >= 0.6 is 12.4 Å². The van der Waals surface area contributed by atoms with Crippen LogP contribution in [0, 0.1) is 0 Å². The number of methoxy groups -OCH3 is 1. The van der Waals surface area contributed by atoms with E-state index >= 15 is 0 Å². The summed E-state index contributed by atoms with van der Waals surface area (Å²) in [5.74, 6) is -0.482. The summed E-state index contributed by atoms with van der Waals surface area (Å²) in [6, 6.07) is -0.681. The lowest BCUT2D eigenvalue weighted by Crippen LogP contribution is -2.32. The Kier molecular flexibility index (Phi) is 8.40. The van der Waals surface area contributed by atoms with Gasteiger partial charge in [0.15, 0.2) is 0 Å². The van der Waals surface area contributed by atoms with Gasteiger partial charge in [0, 0.05) is 6.61 Å². The Morgan fingerprint density at radius 2 is 2.30 bits per heavy atom. The lowest BCUT2D eigenvalue weighted by Gasteiger charge is -2.04. The van der Waals surface area contributed by atoms with E-state index in [9.17, 15) is 4.79 Å². The molecule has 0 aliphatic carbocycles. The maximum atomic E-state index is 10.4. The third-order valence-electron chi connectivity index (χ3n) is 0.944. The Morgan fingerprint density at radius 1 is 1.80 bits per heavy atom. The van der Waals surface area contributed by atoms with Gasteiger partial charge in [-0.05, 0) is 6.42 Å². The van der Waals surface area contributed by atoms with E-state index < -0.39 is 12.0 Å². The molecule has 0 heterocycles. The van der Waals surface area contributed by atoms with Gasteiger partial charge in [-0.2, -0.15) is 0 Å². The first-order chi connectivity index (χ1) is 4.22. The van der Waals surface area contributed by atoms with Gasteiger partial charge in [-0.3, -0.25) is 4.79 Å². The Bertz CT molecular complexity index is 98.9. The number of aliphatic hydroxyl groups excluding tert-OH is 1. The molecule has 0 fully saturated rings. The molecule has 0 radical (unpaired) electrons. The predicted molar refractivity (Wildman–Crippen MR) is 38.9 cm³/mol. The molecule has 0 aromatic carbocycles. The average molecular weight is 170 g/mol. The molecule has 0 amide bonds. The summed E-state index contributed by atoms with van der Waals surface area (Å²) >= 11 is 0. The van der Waals surface area contributed by atoms with Gasteiger partial charge >= 0.3 is 5.97 Å². The maximum Gasteiger partial charge on any atom is 0.322 e. The second-order valence-corrected chi connectivity index (χ2v) is 1.64. The molecular formula is C5H12ClNO3. The number of rotatable bonds is 3. The van der Waals surface area contributed by atoms with Crippen molar-refractivity contribution in [3.05, 3.63) is 0 Å². The zero-order valence-corrected chi connectivity index (χ0v) is 6.56. The van der Waals surface area contributed by atoms with Crippen LogP contribution in [-0.4, -0.2) is 30.8 Å². The Morgan fingerprint density at radius 3 is 2.60 bits per heavy atom. The van der Waals surface area contributed by atoms with E-state index in [4.69, 9.17) is 10.8 Å². The van der Waals surface area contributed by atoms with Crippen molar-refractivity contribution in [2.24, 2.45) is 5.73 Å². The highest BCUT2D eigenvalue weighted by Gasteiger charge is 2.11. The molecule has 0 aliphatic heterocycles. The monoisotopic (exact) mass is 169 g/mol. The molecule has 0 bridgehead atoms. The third-order valence-corrected chi connectivity index (χ3v) is 0.944. The topological polar surface area (TPSA) is 72.5 Å². The van der Waals surface area contributed by atoms with E-state index in [0.29, 0.717) is 0 Å². The second-order valence-electron chi connectivity index (χ2n) is 1.64. The van der Waals surface area contributed by atoms with Gasteiger partial charge in [0.05, 0.1) is 7.11 Å². The Balaban J connectivity index is 0. The minimum absolute atomic E-state index is 0. The Labute approximate surface area is 65.8 Å². The van der Waals surface area contributed by atoms with Crippen molar-refractivity contribution in [3.63, 3.8) is 0 Å². The summed E-state index contributed by atoms with van der Waals surface area (Å²) in [5.41, 5.74) is 5.20. The van der Waals surface area contributed by atoms with Gasteiger partial charge in [-0.25, -0.2) is 0 Å². The number of ether oxygens (including phenoxy) is 1. The summed E-state index contributed by atoms with van der Waals surface area (Å²) in [5, 5.41) is 8.29. The molecular weight excluding hydrogens is 158 g/mol. The van der Waals surface area contributed by atoms with E-state index in [2.05, 4.69) is 4.74 Å². The van der Waals surface area contributed by atoms with E-state index in [1.807, 2.05) is 0 Å². The number of halogens is 1. The molecule has 10 heavy (non-hydrogen) atoms. The van der Waals surface area contributed by atoms with Gasteiger partial charge in [-0.1, -0.05) is 0 Å². The molecule has 0 aromatic heterocycles. The summed E-state index contributed by atoms with van der Waals surface area (Å²) in [6.07, 6.45) is 0.257. The van der Waals surface area contributed by atoms with Crippen LogP contribution < -0.4 is 5.73 Å². The van der Waals surface area contributed by atoms with Crippen LogP contribution in [0.15, 0.2) is 0 Å². The lowest BCUT2D eigenvalue weighted by atomic mass is 10.2.